The van der Waals surface area contributed by atoms with Crippen LogP contribution in [0.4, 0.5) is 0 Å². The van der Waals surface area contributed by atoms with Crippen molar-refractivity contribution in [3.8, 4) is 5.88 Å². The number of aromatic nitrogens is 1. The van der Waals surface area contributed by atoms with Gasteiger partial charge >= 0.3 is 0 Å². The van der Waals surface area contributed by atoms with Crippen LogP contribution >= 0.6 is 0 Å². The Bertz CT molecular complexity index is 341. The molecule has 0 aromatic carbocycles. The minimum Gasteiger partial charge on any atom is -0.479 e. The summed E-state index contributed by atoms with van der Waals surface area (Å²) < 4.78 is 9.97. The summed E-state index contributed by atoms with van der Waals surface area (Å²) in [6, 6.07) is 1.72. The van der Waals surface area contributed by atoms with E-state index in [1.807, 2.05) is 4.90 Å². The Balaban J connectivity index is 1.91. The lowest BCUT2D eigenvalue weighted by atomic mass is 10.1. The van der Waals surface area contributed by atoms with Crippen LogP contribution in [0.3, 0.4) is 0 Å². The van der Waals surface area contributed by atoms with Gasteiger partial charge in [-0.15, -0.1) is 0 Å². The molecule has 6 nitrogen and oxygen atoms in total. The van der Waals surface area contributed by atoms with Gasteiger partial charge in [0.15, 0.2) is 5.76 Å². The van der Waals surface area contributed by atoms with E-state index in [0.29, 0.717) is 31.3 Å². The summed E-state index contributed by atoms with van der Waals surface area (Å²) in [6.45, 7) is 1.80. The summed E-state index contributed by atoms with van der Waals surface area (Å²) in [5.74, 6) is 1.08. The Labute approximate surface area is 93.4 Å². The molecule has 0 aliphatic carbocycles. The van der Waals surface area contributed by atoms with Crippen molar-refractivity contribution in [2.75, 3.05) is 26.8 Å². The molecule has 2 unspecified atom stereocenters. The highest BCUT2D eigenvalue weighted by atomic mass is 16.5. The van der Waals surface area contributed by atoms with Crippen LogP contribution in [-0.2, 0) is 6.54 Å². The van der Waals surface area contributed by atoms with Crippen LogP contribution in [0.15, 0.2) is 10.6 Å². The molecular formula is C10H16N2O4. The zero-order valence-corrected chi connectivity index (χ0v) is 9.17. The van der Waals surface area contributed by atoms with E-state index in [4.69, 9.17) is 14.4 Å². The lowest BCUT2D eigenvalue weighted by Gasteiger charge is -2.11. The standard InChI is InChI=1S/C10H16N2O4/c1-15-10-2-8(16-11-10)4-12-3-7(6-13)9(14)5-12/h2,7,9,13-14H,3-6H2,1H3. The molecule has 2 atom stereocenters. The summed E-state index contributed by atoms with van der Waals surface area (Å²) in [6.07, 6.45) is -0.463. The number of hydrogen-bond donors (Lipinski definition) is 2. The van der Waals surface area contributed by atoms with E-state index >= 15 is 0 Å². The van der Waals surface area contributed by atoms with Crippen LogP contribution < -0.4 is 4.74 Å². The van der Waals surface area contributed by atoms with Crippen molar-refractivity contribution >= 4 is 0 Å². The first-order valence-electron chi connectivity index (χ1n) is 5.23. The van der Waals surface area contributed by atoms with Crippen molar-refractivity contribution in [1.82, 2.24) is 10.1 Å². The monoisotopic (exact) mass is 228 g/mol. The molecule has 0 radical (unpaired) electrons. The zero-order valence-electron chi connectivity index (χ0n) is 9.17. The fourth-order valence-electron chi connectivity index (χ4n) is 1.94. The van der Waals surface area contributed by atoms with E-state index in [2.05, 4.69) is 5.16 Å². The first-order valence-corrected chi connectivity index (χ1v) is 5.23. The molecule has 1 fully saturated rings. The van der Waals surface area contributed by atoms with Gasteiger partial charge in [0, 0.05) is 31.7 Å². The molecule has 2 heterocycles. The van der Waals surface area contributed by atoms with Gasteiger partial charge in [0.2, 0.25) is 0 Å². The summed E-state index contributed by atoms with van der Waals surface area (Å²) in [7, 11) is 1.53. The lowest BCUT2D eigenvalue weighted by molar-refractivity contribution is 0.103. The second-order valence-corrected chi connectivity index (χ2v) is 4.04. The molecule has 0 spiro atoms. The summed E-state index contributed by atoms with van der Waals surface area (Å²) in [5, 5.41) is 22.3. The fourth-order valence-corrected chi connectivity index (χ4v) is 1.94. The van der Waals surface area contributed by atoms with Crippen LogP contribution in [0.5, 0.6) is 5.88 Å². The Morgan fingerprint density at radius 2 is 2.44 bits per heavy atom. The van der Waals surface area contributed by atoms with Crippen molar-refractivity contribution in [2.45, 2.75) is 12.6 Å². The Kier molecular flexibility index (Phi) is 3.42. The molecule has 6 heteroatoms. The summed E-state index contributed by atoms with van der Waals surface area (Å²) in [4.78, 5) is 2.02. The summed E-state index contributed by atoms with van der Waals surface area (Å²) in [5.41, 5.74) is 0. The maximum atomic E-state index is 9.62. The van der Waals surface area contributed by atoms with E-state index in [0.717, 1.165) is 0 Å². The highest BCUT2D eigenvalue weighted by Crippen LogP contribution is 2.20. The SMILES string of the molecule is COc1cc(CN2CC(O)C(CO)C2)on1. The predicted octanol–water partition coefficient (Wildman–Crippen LogP) is -0.532. The van der Waals surface area contributed by atoms with Crippen molar-refractivity contribution in [3.05, 3.63) is 11.8 Å². The highest BCUT2D eigenvalue weighted by Gasteiger charge is 2.31. The molecule has 0 amide bonds. The van der Waals surface area contributed by atoms with Gasteiger partial charge in [-0.3, -0.25) is 4.90 Å². The zero-order chi connectivity index (χ0) is 11.5. The third kappa shape index (κ3) is 2.34. The largest absolute Gasteiger partial charge is 0.479 e. The quantitative estimate of drug-likeness (QED) is 0.721. The number of aliphatic hydroxyl groups is 2. The first kappa shape index (κ1) is 11.4. The van der Waals surface area contributed by atoms with E-state index in [9.17, 15) is 5.11 Å². The van der Waals surface area contributed by atoms with Crippen LogP contribution in [0.1, 0.15) is 5.76 Å². The predicted molar refractivity (Wildman–Crippen MR) is 54.9 cm³/mol. The fraction of sp³-hybridized carbons (Fsp3) is 0.700. The molecule has 1 aromatic heterocycles. The van der Waals surface area contributed by atoms with Gasteiger partial charge < -0.3 is 19.5 Å². The van der Waals surface area contributed by atoms with Crippen LogP contribution in [0.25, 0.3) is 0 Å². The smallest absolute Gasteiger partial charge is 0.254 e. The van der Waals surface area contributed by atoms with Gasteiger partial charge in [0.05, 0.1) is 19.8 Å². The highest BCUT2D eigenvalue weighted by molar-refractivity contribution is 5.10. The van der Waals surface area contributed by atoms with E-state index in [1.54, 1.807) is 6.07 Å². The van der Waals surface area contributed by atoms with Crippen LogP contribution in [0.2, 0.25) is 0 Å². The molecule has 0 bridgehead atoms. The Hall–Kier alpha value is -1.11. The minimum absolute atomic E-state index is 0.0113. The van der Waals surface area contributed by atoms with Crippen LogP contribution in [-0.4, -0.2) is 53.2 Å². The van der Waals surface area contributed by atoms with Crippen molar-refractivity contribution in [1.29, 1.82) is 0 Å². The number of β-amino-alcohol motifs (C(OH)–C–C–N with tert-alkyl or cyclic N) is 1. The minimum atomic E-state index is -0.463. The average molecular weight is 228 g/mol. The van der Waals surface area contributed by atoms with Crippen molar-refractivity contribution in [3.63, 3.8) is 0 Å². The molecule has 1 aromatic rings. The van der Waals surface area contributed by atoms with Gasteiger partial charge in [-0.1, -0.05) is 0 Å². The molecule has 90 valence electrons. The van der Waals surface area contributed by atoms with E-state index in [1.165, 1.54) is 7.11 Å². The second kappa shape index (κ2) is 4.82. The molecule has 1 aliphatic heterocycles. The molecule has 1 aliphatic rings. The molecule has 0 saturated carbocycles. The third-order valence-electron chi connectivity index (χ3n) is 2.84. The van der Waals surface area contributed by atoms with E-state index < -0.39 is 6.10 Å². The number of hydrogen-bond acceptors (Lipinski definition) is 6. The number of methoxy groups -OCH3 is 1. The summed E-state index contributed by atoms with van der Waals surface area (Å²) >= 11 is 0. The van der Waals surface area contributed by atoms with Gasteiger partial charge in [-0.25, -0.2) is 0 Å². The van der Waals surface area contributed by atoms with E-state index in [-0.39, 0.29) is 12.5 Å². The van der Waals surface area contributed by atoms with Gasteiger partial charge in [-0.05, 0) is 5.16 Å². The molecule has 16 heavy (non-hydrogen) atoms. The van der Waals surface area contributed by atoms with Crippen molar-refractivity contribution in [2.24, 2.45) is 5.92 Å². The number of rotatable bonds is 4. The number of aliphatic hydroxyl groups excluding tert-OH is 2. The number of ether oxygens (including phenoxy) is 1. The average Bonchev–Trinajstić information content (AvgIpc) is 2.85. The number of likely N-dealkylation sites (tertiary alicyclic amines) is 1. The van der Waals surface area contributed by atoms with Crippen LogP contribution in [0, 0.1) is 5.92 Å². The normalized spacial score (nSPS) is 26.2. The first-order chi connectivity index (χ1) is 7.72. The molecule has 1 saturated heterocycles. The van der Waals surface area contributed by atoms with Gasteiger partial charge in [0.25, 0.3) is 5.88 Å². The molecule has 2 rings (SSSR count). The second-order valence-electron chi connectivity index (χ2n) is 4.04. The maximum absolute atomic E-state index is 9.62. The number of nitrogens with zero attached hydrogens (tertiary/aromatic N) is 2. The maximum Gasteiger partial charge on any atom is 0.254 e. The van der Waals surface area contributed by atoms with Gasteiger partial charge in [-0.2, -0.15) is 0 Å². The molecule has 2 N–H and O–H groups in total. The van der Waals surface area contributed by atoms with Crippen molar-refractivity contribution < 1.29 is 19.5 Å². The molecular weight excluding hydrogens is 212 g/mol. The lowest BCUT2D eigenvalue weighted by Crippen LogP contribution is -2.21. The third-order valence-corrected chi connectivity index (χ3v) is 2.84. The topological polar surface area (TPSA) is 79.0 Å². The Morgan fingerprint density at radius 3 is 3.00 bits per heavy atom. The Morgan fingerprint density at radius 1 is 1.62 bits per heavy atom. The van der Waals surface area contributed by atoms with Gasteiger partial charge in [0.1, 0.15) is 0 Å².